The van der Waals surface area contributed by atoms with Crippen molar-refractivity contribution >= 4 is 23.5 Å². The predicted octanol–water partition coefficient (Wildman–Crippen LogP) is 1.03. The summed E-state index contributed by atoms with van der Waals surface area (Å²) in [4.78, 5) is 43.4. The van der Waals surface area contributed by atoms with Crippen LogP contribution in [-0.2, 0) is 11.2 Å². The van der Waals surface area contributed by atoms with Gasteiger partial charge in [0.2, 0.25) is 11.6 Å². The lowest BCUT2D eigenvalue weighted by Gasteiger charge is -2.14. The lowest BCUT2D eigenvalue weighted by Crippen LogP contribution is -2.31. The van der Waals surface area contributed by atoms with Gasteiger partial charge in [-0.25, -0.2) is 14.6 Å². The number of hydrogen-bond donors (Lipinski definition) is 2. The van der Waals surface area contributed by atoms with E-state index in [4.69, 9.17) is 9.84 Å². The summed E-state index contributed by atoms with van der Waals surface area (Å²) in [5.41, 5.74) is 2.51. The number of nitrogens with zero attached hydrogens (tertiary/aromatic N) is 4. The van der Waals surface area contributed by atoms with E-state index in [9.17, 15) is 14.4 Å². The Labute approximate surface area is 158 Å². The maximum absolute atomic E-state index is 12.8. The maximum atomic E-state index is 12.8. The first-order valence-electron chi connectivity index (χ1n) is 8.45. The number of aromatic nitrogens is 4. The first-order valence-corrected chi connectivity index (χ1v) is 8.45. The van der Waals surface area contributed by atoms with Gasteiger partial charge in [0.15, 0.2) is 5.65 Å². The van der Waals surface area contributed by atoms with Crippen molar-refractivity contribution in [1.82, 2.24) is 24.9 Å². The number of ether oxygens (including phenoxy) is 1. The van der Waals surface area contributed by atoms with Crippen molar-refractivity contribution in [3.05, 3.63) is 58.8 Å². The number of hydrogen-bond acceptors (Lipinski definition) is 7. The van der Waals surface area contributed by atoms with Crippen LogP contribution in [0.4, 0.5) is 0 Å². The summed E-state index contributed by atoms with van der Waals surface area (Å²) >= 11 is 0. The Morgan fingerprint density at radius 3 is 2.82 bits per heavy atom. The average Bonchev–Trinajstić information content (AvgIpc) is 3.32. The second-order valence-corrected chi connectivity index (χ2v) is 6.25. The minimum absolute atomic E-state index is 0.160. The van der Waals surface area contributed by atoms with Crippen molar-refractivity contribution in [1.29, 1.82) is 0 Å². The van der Waals surface area contributed by atoms with Gasteiger partial charge in [0.1, 0.15) is 0 Å². The SMILES string of the molecule is COC(=O)c1ccc2c(c1)CC[C@@H]2NC(=O)c1nc(C(=O)O)nc2ccnn12. The van der Waals surface area contributed by atoms with Crippen LogP contribution in [0.15, 0.2) is 30.5 Å². The third kappa shape index (κ3) is 2.94. The van der Waals surface area contributed by atoms with Crippen molar-refractivity contribution < 1.29 is 24.2 Å². The molecule has 0 radical (unpaired) electrons. The molecule has 0 saturated heterocycles. The fourth-order valence-corrected chi connectivity index (χ4v) is 3.30. The second-order valence-electron chi connectivity index (χ2n) is 6.25. The maximum Gasteiger partial charge on any atom is 0.374 e. The van der Waals surface area contributed by atoms with Gasteiger partial charge in [-0.2, -0.15) is 14.6 Å². The lowest BCUT2D eigenvalue weighted by atomic mass is 10.0. The quantitative estimate of drug-likeness (QED) is 0.640. The van der Waals surface area contributed by atoms with E-state index in [1.54, 1.807) is 18.2 Å². The zero-order valence-electron chi connectivity index (χ0n) is 14.7. The van der Waals surface area contributed by atoms with Crippen LogP contribution >= 0.6 is 0 Å². The molecule has 10 nitrogen and oxygen atoms in total. The van der Waals surface area contributed by atoms with Crippen LogP contribution in [0.2, 0.25) is 0 Å². The van der Waals surface area contributed by atoms with Crippen molar-refractivity contribution in [2.75, 3.05) is 7.11 Å². The summed E-state index contributed by atoms with van der Waals surface area (Å²) < 4.78 is 5.92. The van der Waals surface area contributed by atoms with Gasteiger partial charge >= 0.3 is 11.9 Å². The molecule has 0 fully saturated rings. The molecule has 1 atom stereocenters. The average molecular weight is 381 g/mol. The molecule has 142 valence electrons. The van der Waals surface area contributed by atoms with Crippen LogP contribution in [0, 0.1) is 0 Å². The predicted molar refractivity (Wildman–Crippen MR) is 94.1 cm³/mol. The number of amides is 1. The minimum atomic E-state index is -1.33. The van der Waals surface area contributed by atoms with Crippen LogP contribution in [0.3, 0.4) is 0 Å². The number of nitrogens with one attached hydrogen (secondary N) is 1. The monoisotopic (exact) mass is 381 g/mol. The first-order chi connectivity index (χ1) is 13.5. The third-order valence-corrected chi connectivity index (χ3v) is 4.60. The Hall–Kier alpha value is -3.82. The van der Waals surface area contributed by atoms with Crippen LogP contribution in [-0.4, -0.2) is 49.6 Å². The van der Waals surface area contributed by atoms with Gasteiger partial charge in [0.05, 0.1) is 24.9 Å². The van der Waals surface area contributed by atoms with Gasteiger partial charge in [-0.1, -0.05) is 6.07 Å². The Balaban J connectivity index is 1.63. The molecule has 1 aliphatic rings. The van der Waals surface area contributed by atoms with Gasteiger partial charge < -0.3 is 15.2 Å². The number of aryl methyl sites for hydroxylation is 1. The molecule has 3 aromatic rings. The van der Waals surface area contributed by atoms with Crippen molar-refractivity contribution in [2.24, 2.45) is 0 Å². The van der Waals surface area contributed by atoms with Crippen molar-refractivity contribution in [3.63, 3.8) is 0 Å². The van der Waals surface area contributed by atoms with E-state index in [2.05, 4.69) is 20.4 Å². The molecule has 2 N–H and O–H groups in total. The number of rotatable bonds is 4. The number of carbonyl (C=O) groups is 3. The molecule has 0 aliphatic heterocycles. The lowest BCUT2D eigenvalue weighted by molar-refractivity contribution is 0.0599. The fourth-order valence-electron chi connectivity index (χ4n) is 3.30. The van der Waals surface area contributed by atoms with Gasteiger partial charge in [-0.3, -0.25) is 4.79 Å². The molecule has 10 heteroatoms. The highest BCUT2D eigenvalue weighted by Gasteiger charge is 2.27. The van der Waals surface area contributed by atoms with Crippen LogP contribution in [0.1, 0.15) is 55.2 Å². The number of methoxy groups -OCH3 is 1. The number of aromatic carboxylic acids is 1. The number of esters is 1. The van der Waals surface area contributed by atoms with Crippen LogP contribution < -0.4 is 5.32 Å². The summed E-state index contributed by atoms with van der Waals surface area (Å²) in [5, 5.41) is 16.0. The summed E-state index contributed by atoms with van der Waals surface area (Å²) in [7, 11) is 1.32. The molecule has 4 rings (SSSR count). The largest absolute Gasteiger partial charge is 0.475 e. The molecular weight excluding hydrogens is 366 g/mol. The molecule has 1 aromatic carbocycles. The summed E-state index contributed by atoms with van der Waals surface area (Å²) in [5.74, 6) is -2.95. The smallest absolute Gasteiger partial charge is 0.374 e. The number of fused-ring (bicyclic) bond motifs is 2. The molecule has 1 amide bonds. The van der Waals surface area contributed by atoms with Crippen LogP contribution in [0.5, 0.6) is 0 Å². The van der Waals surface area contributed by atoms with E-state index in [-0.39, 0.29) is 17.5 Å². The first kappa shape index (κ1) is 17.6. The zero-order chi connectivity index (χ0) is 19.8. The van der Waals surface area contributed by atoms with E-state index in [1.807, 2.05) is 0 Å². The Morgan fingerprint density at radius 1 is 1.25 bits per heavy atom. The fraction of sp³-hybridized carbons (Fsp3) is 0.222. The number of carboxylic acids is 1. The number of carbonyl (C=O) groups excluding carboxylic acids is 2. The molecular formula is C18H15N5O5. The van der Waals surface area contributed by atoms with Gasteiger partial charge in [0.25, 0.3) is 5.91 Å². The molecule has 2 aromatic heterocycles. The zero-order valence-corrected chi connectivity index (χ0v) is 14.7. The van der Waals surface area contributed by atoms with E-state index < -0.39 is 23.7 Å². The molecule has 0 bridgehead atoms. The molecule has 28 heavy (non-hydrogen) atoms. The van der Waals surface area contributed by atoms with Gasteiger partial charge in [-0.15, -0.1) is 0 Å². The molecule has 0 unspecified atom stereocenters. The Bertz CT molecular complexity index is 1120. The minimum Gasteiger partial charge on any atom is -0.475 e. The second kappa shape index (κ2) is 6.72. The topological polar surface area (TPSA) is 136 Å². The van der Waals surface area contributed by atoms with Crippen molar-refractivity contribution in [2.45, 2.75) is 18.9 Å². The van der Waals surface area contributed by atoms with Crippen molar-refractivity contribution in [3.8, 4) is 0 Å². The number of benzene rings is 1. The standard InChI is InChI=1S/C18H15N5O5/c1-28-18(27)10-2-4-11-9(8-10)3-5-12(11)20-16(24)15-22-14(17(25)26)21-13-6-7-19-23(13)15/h2,4,6-8,12H,3,5H2,1H3,(H,20,24)(H,25,26)/t12-/m0/s1. The number of carboxylic acid groups (broad SMARTS) is 1. The summed E-state index contributed by atoms with van der Waals surface area (Å²) in [6, 6.07) is 6.39. The molecule has 0 saturated carbocycles. The van der Waals surface area contributed by atoms with E-state index in [0.717, 1.165) is 11.1 Å². The van der Waals surface area contributed by atoms with E-state index >= 15 is 0 Å². The summed E-state index contributed by atoms with van der Waals surface area (Å²) in [6.07, 6.45) is 2.74. The van der Waals surface area contributed by atoms with Gasteiger partial charge in [0, 0.05) is 6.07 Å². The highest BCUT2D eigenvalue weighted by Crippen LogP contribution is 2.32. The van der Waals surface area contributed by atoms with E-state index in [0.29, 0.717) is 18.4 Å². The highest BCUT2D eigenvalue weighted by molar-refractivity contribution is 5.93. The molecule has 1 aliphatic carbocycles. The van der Waals surface area contributed by atoms with Crippen LogP contribution in [0.25, 0.3) is 5.65 Å². The van der Waals surface area contributed by atoms with Gasteiger partial charge in [-0.05, 0) is 36.1 Å². The molecule has 2 heterocycles. The Morgan fingerprint density at radius 2 is 2.07 bits per heavy atom. The molecule has 0 spiro atoms. The normalized spacial score (nSPS) is 15.2. The third-order valence-electron chi connectivity index (χ3n) is 4.60. The van der Waals surface area contributed by atoms with E-state index in [1.165, 1.54) is 23.9 Å². The highest BCUT2D eigenvalue weighted by atomic mass is 16.5. The summed E-state index contributed by atoms with van der Waals surface area (Å²) in [6.45, 7) is 0. The Kier molecular flexibility index (Phi) is 4.22.